The molecule has 0 unspecified atom stereocenters. The minimum Gasteiger partial charge on any atom is -0.310 e. The number of benzene rings is 8. The number of para-hydroxylation sites is 2. The first-order chi connectivity index (χ1) is 26.3. The Bertz CT molecular complexity index is 2990. The van der Waals surface area contributed by atoms with Crippen LogP contribution in [0.2, 0.25) is 0 Å². The van der Waals surface area contributed by atoms with Gasteiger partial charge in [0.25, 0.3) is 0 Å². The lowest BCUT2D eigenvalue weighted by atomic mass is 9.70. The lowest BCUT2D eigenvalue weighted by molar-refractivity contribution is 0.794. The smallest absolute Gasteiger partial charge is 0.197 e. The van der Waals surface area contributed by atoms with Crippen LogP contribution in [-0.4, -0.2) is 4.57 Å². The van der Waals surface area contributed by atoms with Crippen molar-refractivity contribution in [2.24, 2.45) is 0 Å². The van der Waals surface area contributed by atoms with Gasteiger partial charge in [-0.15, -0.1) is 0 Å². The second kappa shape index (κ2) is 10.2. The van der Waals surface area contributed by atoms with E-state index in [2.05, 4.69) is 178 Å². The zero-order valence-electron chi connectivity index (χ0n) is 28.6. The fourth-order valence-electron chi connectivity index (χ4n) is 10.0. The molecule has 2 aliphatic carbocycles. The normalized spacial score (nSPS) is 13.4. The van der Waals surface area contributed by atoms with Crippen LogP contribution in [0.4, 0.5) is 22.7 Å². The van der Waals surface area contributed by atoms with E-state index >= 15 is 0 Å². The summed E-state index contributed by atoms with van der Waals surface area (Å²) in [6.45, 7) is 8.24. The van der Waals surface area contributed by atoms with Crippen molar-refractivity contribution in [2.45, 2.75) is 5.41 Å². The molecule has 1 spiro atoms. The van der Waals surface area contributed by atoms with Gasteiger partial charge in [-0.1, -0.05) is 127 Å². The molecule has 3 heteroatoms. The highest BCUT2D eigenvalue weighted by Gasteiger charge is 2.53. The number of fused-ring (bicyclic) bond motifs is 13. The average Bonchev–Trinajstić information content (AvgIpc) is 3.80. The molecular weight excluding hydrogens is 643 g/mol. The molecule has 3 nitrogen and oxygen atoms in total. The molecule has 2 heterocycles. The van der Waals surface area contributed by atoms with Crippen LogP contribution in [0.5, 0.6) is 0 Å². The van der Waals surface area contributed by atoms with Crippen LogP contribution >= 0.6 is 0 Å². The number of hydrogen-bond acceptors (Lipinski definition) is 1. The first-order valence-electron chi connectivity index (χ1n) is 18.2. The molecule has 1 aromatic heterocycles. The molecule has 0 saturated heterocycles. The topological polar surface area (TPSA) is 12.5 Å². The van der Waals surface area contributed by atoms with E-state index in [4.69, 9.17) is 6.57 Å². The molecule has 1 aliphatic heterocycles. The summed E-state index contributed by atoms with van der Waals surface area (Å²) < 4.78 is 2.46. The zero-order chi connectivity index (χ0) is 34.8. The molecule has 9 aromatic rings. The number of rotatable bonds is 3. The lowest BCUT2D eigenvalue weighted by Crippen LogP contribution is -2.25. The van der Waals surface area contributed by atoms with Gasteiger partial charge in [-0.2, -0.15) is 0 Å². The monoisotopic (exact) mass is 671 g/mol. The summed E-state index contributed by atoms with van der Waals surface area (Å²) in [5, 5.41) is 2.13. The van der Waals surface area contributed by atoms with Crippen LogP contribution in [0.25, 0.3) is 65.7 Å². The minimum absolute atomic E-state index is 0.471. The van der Waals surface area contributed by atoms with Crippen molar-refractivity contribution in [3.63, 3.8) is 0 Å². The Kier molecular flexibility index (Phi) is 5.50. The van der Waals surface area contributed by atoms with Gasteiger partial charge in [-0.3, -0.25) is 0 Å². The number of aromatic nitrogens is 1. The quantitative estimate of drug-likeness (QED) is 0.170. The van der Waals surface area contributed by atoms with Crippen LogP contribution in [-0.2, 0) is 5.41 Å². The molecule has 0 fully saturated rings. The van der Waals surface area contributed by atoms with E-state index in [-0.39, 0.29) is 0 Å². The standard InChI is InChI=1S/C50H29N3/c1-51-43-24-13-25-45-47(43)37-27-28-42-48-46-36(20-12-23-41(46)50(42)39-21-10-8-18-34(39)35-19-9-11-22-40(35)50)38-30-33(26-29-44(38)53(45)49(37)48)52(31-14-4-2-5-15-31)32-16-6-3-7-17-32/h2-30H. The van der Waals surface area contributed by atoms with Gasteiger partial charge in [0.2, 0.25) is 0 Å². The van der Waals surface area contributed by atoms with E-state index in [0.717, 1.165) is 39.0 Å². The molecule has 0 atom stereocenters. The fraction of sp³-hybridized carbons (Fsp3) is 0.0200. The van der Waals surface area contributed by atoms with Crippen LogP contribution in [0, 0.1) is 6.57 Å². The van der Waals surface area contributed by atoms with E-state index in [1.807, 2.05) is 12.1 Å². The third-order valence-corrected chi connectivity index (χ3v) is 11.9. The highest BCUT2D eigenvalue weighted by Crippen LogP contribution is 2.66. The SMILES string of the molecule is [C-]#[N+]c1cccc2c1c1ccc3c4c1n2-c1ccc(N(c2ccccc2)c2ccccc2)cc1-c1cccc(c1-4)C31c2ccccc2-c2ccccc21. The van der Waals surface area contributed by atoms with Crippen molar-refractivity contribution >= 4 is 44.6 Å². The maximum absolute atomic E-state index is 8.24. The van der Waals surface area contributed by atoms with Gasteiger partial charge < -0.3 is 9.47 Å². The van der Waals surface area contributed by atoms with Crippen molar-refractivity contribution in [1.82, 2.24) is 4.57 Å². The van der Waals surface area contributed by atoms with Gasteiger partial charge in [0.15, 0.2) is 5.69 Å². The van der Waals surface area contributed by atoms with Crippen LogP contribution in [0.1, 0.15) is 22.3 Å². The summed E-state index contributed by atoms with van der Waals surface area (Å²) in [5.41, 5.74) is 19.7. The lowest BCUT2D eigenvalue weighted by Gasteiger charge is -2.31. The third-order valence-electron chi connectivity index (χ3n) is 11.9. The third kappa shape index (κ3) is 3.43. The van der Waals surface area contributed by atoms with Gasteiger partial charge >= 0.3 is 0 Å². The maximum Gasteiger partial charge on any atom is 0.197 e. The second-order valence-electron chi connectivity index (χ2n) is 14.3. The van der Waals surface area contributed by atoms with Crippen LogP contribution < -0.4 is 4.90 Å². The van der Waals surface area contributed by atoms with Gasteiger partial charge in [0, 0.05) is 39.1 Å². The molecular formula is C50H29N3. The molecule has 0 amide bonds. The van der Waals surface area contributed by atoms with E-state index in [1.54, 1.807) is 0 Å². The van der Waals surface area contributed by atoms with Crippen molar-refractivity contribution in [3.05, 3.63) is 210 Å². The summed E-state index contributed by atoms with van der Waals surface area (Å²) in [4.78, 5) is 6.42. The molecule has 244 valence electrons. The van der Waals surface area contributed by atoms with Crippen LogP contribution in [0.15, 0.2) is 176 Å². The van der Waals surface area contributed by atoms with Gasteiger partial charge in [-0.05, 0) is 98.4 Å². The highest BCUT2D eigenvalue weighted by molar-refractivity contribution is 6.22. The van der Waals surface area contributed by atoms with Crippen LogP contribution in [0.3, 0.4) is 0 Å². The van der Waals surface area contributed by atoms with E-state index < -0.39 is 5.41 Å². The summed E-state index contributed by atoms with van der Waals surface area (Å²) in [6.07, 6.45) is 0. The summed E-state index contributed by atoms with van der Waals surface area (Å²) in [6, 6.07) is 64.0. The van der Waals surface area contributed by atoms with Gasteiger partial charge in [-0.25, -0.2) is 4.85 Å². The van der Waals surface area contributed by atoms with E-state index in [1.165, 1.54) is 61.2 Å². The second-order valence-corrected chi connectivity index (χ2v) is 14.3. The highest BCUT2D eigenvalue weighted by atomic mass is 15.1. The molecule has 8 aromatic carbocycles. The van der Waals surface area contributed by atoms with Crippen molar-refractivity contribution in [3.8, 4) is 39.1 Å². The zero-order valence-corrected chi connectivity index (χ0v) is 28.6. The van der Waals surface area contributed by atoms with E-state index in [9.17, 15) is 0 Å². The Morgan fingerprint density at radius 1 is 0.472 bits per heavy atom. The predicted molar refractivity (Wildman–Crippen MR) is 217 cm³/mol. The summed E-state index contributed by atoms with van der Waals surface area (Å²) >= 11 is 0. The molecule has 0 radical (unpaired) electrons. The Morgan fingerprint density at radius 3 is 1.77 bits per heavy atom. The average molecular weight is 672 g/mol. The Hall–Kier alpha value is -7.15. The van der Waals surface area contributed by atoms with Gasteiger partial charge in [0.05, 0.1) is 23.2 Å². The molecule has 3 aliphatic rings. The molecule has 53 heavy (non-hydrogen) atoms. The van der Waals surface area contributed by atoms with Gasteiger partial charge in [0.1, 0.15) is 0 Å². The van der Waals surface area contributed by atoms with Crippen molar-refractivity contribution in [2.75, 3.05) is 4.90 Å². The Morgan fingerprint density at radius 2 is 1.08 bits per heavy atom. The molecule has 0 N–H and O–H groups in total. The fourth-order valence-corrected chi connectivity index (χ4v) is 10.0. The first-order valence-corrected chi connectivity index (χ1v) is 18.2. The molecule has 0 bridgehead atoms. The Balaban J connectivity index is 1.26. The summed E-state index contributed by atoms with van der Waals surface area (Å²) in [5.74, 6) is 0. The summed E-state index contributed by atoms with van der Waals surface area (Å²) in [7, 11) is 0. The number of nitrogens with zero attached hydrogens (tertiary/aromatic N) is 3. The first kappa shape index (κ1) is 28.5. The largest absolute Gasteiger partial charge is 0.310 e. The van der Waals surface area contributed by atoms with Crippen molar-refractivity contribution < 1.29 is 0 Å². The molecule has 0 saturated carbocycles. The minimum atomic E-state index is -0.471. The number of anilines is 3. The van der Waals surface area contributed by atoms with Crippen molar-refractivity contribution in [1.29, 1.82) is 0 Å². The maximum atomic E-state index is 8.24. The van der Waals surface area contributed by atoms with E-state index in [0.29, 0.717) is 5.69 Å². The molecule has 12 rings (SSSR count). The number of hydrogen-bond donors (Lipinski definition) is 0. The predicted octanol–water partition coefficient (Wildman–Crippen LogP) is 13.1. The Labute approximate surface area is 307 Å².